The van der Waals surface area contributed by atoms with Crippen LogP contribution in [-0.4, -0.2) is 89.7 Å². The van der Waals surface area contributed by atoms with Crippen LogP contribution in [0, 0.1) is 46.3 Å². The van der Waals surface area contributed by atoms with Gasteiger partial charge in [0.25, 0.3) is 0 Å². The molecule has 3 saturated heterocycles. The van der Waals surface area contributed by atoms with Crippen molar-refractivity contribution in [3.63, 3.8) is 0 Å². The number of allylic oxidation sites excluding steroid dienone is 1. The first kappa shape index (κ1) is 32.9. The van der Waals surface area contributed by atoms with E-state index in [1.807, 2.05) is 0 Å². The number of ether oxygens (including phenoxy) is 4. The van der Waals surface area contributed by atoms with Crippen molar-refractivity contribution in [1.82, 2.24) is 0 Å². The third-order valence-corrected chi connectivity index (χ3v) is 14.2. The molecule has 7 aliphatic rings. The molecule has 11 nitrogen and oxygen atoms in total. The van der Waals surface area contributed by atoms with Gasteiger partial charge in [-0.2, -0.15) is 8.42 Å². The van der Waals surface area contributed by atoms with Crippen molar-refractivity contribution >= 4 is 10.4 Å². The first-order chi connectivity index (χ1) is 21.1. The van der Waals surface area contributed by atoms with Crippen molar-refractivity contribution < 1.29 is 51.4 Å². The highest BCUT2D eigenvalue weighted by Gasteiger charge is 2.69. The summed E-state index contributed by atoms with van der Waals surface area (Å²) in [4.78, 5) is 0. The van der Waals surface area contributed by atoms with E-state index in [4.69, 9.17) is 23.1 Å². The maximum absolute atomic E-state index is 12.2. The first-order valence-electron chi connectivity index (χ1n) is 17.1. The second-order valence-electron chi connectivity index (χ2n) is 16.0. The number of hydrogen-bond acceptors (Lipinski definition) is 10. The molecule has 45 heavy (non-hydrogen) atoms. The second kappa shape index (κ2) is 11.2. The molecular formula is C33H52O11S. The van der Waals surface area contributed by atoms with E-state index in [2.05, 4.69) is 33.8 Å². The Labute approximate surface area is 266 Å². The lowest BCUT2D eigenvalue weighted by Gasteiger charge is -2.60. The first-order valence-corrected chi connectivity index (χ1v) is 18.5. The molecule has 1 spiro atoms. The van der Waals surface area contributed by atoms with Gasteiger partial charge in [0.1, 0.15) is 18.3 Å². The Morgan fingerprint density at radius 2 is 1.73 bits per heavy atom. The lowest BCUT2D eigenvalue weighted by atomic mass is 9.46. The van der Waals surface area contributed by atoms with E-state index in [9.17, 15) is 28.3 Å². The molecule has 4 aliphatic carbocycles. The minimum atomic E-state index is -4.78. The zero-order chi connectivity index (χ0) is 32.3. The van der Waals surface area contributed by atoms with Crippen LogP contribution >= 0.6 is 0 Å². The minimum absolute atomic E-state index is 0.0825. The largest absolute Gasteiger partial charge is 0.397 e. The smallest absolute Gasteiger partial charge is 0.388 e. The summed E-state index contributed by atoms with van der Waals surface area (Å²) >= 11 is 0. The summed E-state index contributed by atoms with van der Waals surface area (Å²) in [6.45, 7) is 11.4. The summed E-state index contributed by atoms with van der Waals surface area (Å²) < 4.78 is 65.1. The minimum Gasteiger partial charge on any atom is -0.388 e. The number of aliphatic hydroxyl groups is 3. The fourth-order valence-electron chi connectivity index (χ4n) is 11.4. The Hall–Kier alpha value is -0.670. The van der Waals surface area contributed by atoms with E-state index in [-0.39, 0.29) is 23.9 Å². The molecule has 0 aromatic heterocycles. The van der Waals surface area contributed by atoms with Gasteiger partial charge < -0.3 is 34.3 Å². The maximum Gasteiger partial charge on any atom is 0.397 e. The van der Waals surface area contributed by atoms with Crippen molar-refractivity contribution in [2.45, 2.75) is 141 Å². The van der Waals surface area contributed by atoms with Gasteiger partial charge in [0, 0.05) is 24.2 Å². The third kappa shape index (κ3) is 5.11. The molecule has 12 heteroatoms. The van der Waals surface area contributed by atoms with Crippen LogP contribution in [0.3, 0.4) is 0 Å². The van der Waals surface area contributed by atoms with Gasteiger partial charge >= 0.3 is 10.4 Å². The summed E-state index contributed by atoms with van der Waals surface area (Å²) in [6, 6.07) is 0. The highest BCUT2D eigenvalue weighted by molar-refractivity contribution is 7.80. The molecule has 4 N–H and O–H groups in total. The topological polar surface area (TPSA) is 161 Å². The highest BCUT2D eigenvalue weighted by Crippen LogP contribution is 2.71. The maximum atomic E-state index is 12.2. The van der Waals surface area contributed by atoms with E-state index in [0.717, 1.165) is 50.7 Å². The Morgan fingerprint density at radius 1 is 0.978 bits per heavy atom. The summed E-state index contributed by atoms with van der Waals surface area (Å²) in [5.74, 6) is 1.64. The molecule has 0 radical (unpaired) electrons. The SMILES string of the molecule is CC1CCC2(OC1)OC1CC3C4CC=C5CC(OC6OC(C)C(O)C(O)C6O)CC(OS(=O)(=O)O)C5(C)C4CCC3(C)C1C2C. The van der Waals surface area contributed by atoms with Crippen molar-refractivity contribution in [1.29, 1.82) is 0 Å². The Morgan fingerprint density at radius 3 is 2.42 bits per heavy atom. The number of aliphatic hydroxyl groups excluding tert-OH is 3. The van der Waals surface area contributed by atoms with Gasteiger partial charge in [-0.1, -0.05) is 39.3 Å². The van der Waals surface area contributed by atoms with Crippen LogP contribution in [0.5, 0.6) is 0 Å². The van der Waals surface area contributed by atoms with E-state index < -0.39 is 64.5 Å². The zero-order valence-corrected chi connectivity index (χ0v) is 27.9. The quantitative estimate of drug-likeness (QED) is 0.259. The third-order valence-electron chi connectivity index (χ3n) is 13.8. The van der Waals surface area contributed by atoms with Crippen LogP contribution in [0.1, 0.15) is 86.0 Å². The lowest BCUT2D eigenvalue weighted by Crippen LogP contribution is -2.60. The van der Waals surface area contributed by atoms with Crippen LogP contribution < -0.4 is 0 Å². The van der Waals surface area contributed by atoms with Gasteiger partial charge in [0.2, 0.25) is 0 Å². The predicted molar refractivity (Wildman–Crippen MR) is 161 cm³/mol. The van der Waals surface area contributed by atoms with Crippen LogP contribution in [0.25, 0.3) is 0 Å². The van der Waals surface area contributed by atoms with Gasteiger partial charge in [-0.05, 0) is 80.5 Å². The summed E-state index contributed by atoms with van der Waals surface area (Å²) in [5, 5.41) is 31.0. The highest BCUT2D eigenvalue weighted by atomic mass is 32.3. The average Bonchev–Trinajstić information content (AvgIpc) is 3.41. The van der Waals surface area contributed by atoms with E-state index >= 15 is 0 Å². The van der Waals surface area contributed by atoms with Gasteiger partial charge in [-0.15, -0.1) is 0 Å². The molecule has 3 saturated carbocycles. The van der Waals surface area contributed by atoms with Crippen molar-refractivity contribution in [2.24, 2.45) is 46.3 Å². The summed E-state index contributed by atoms with van der Waals surface area (Å²) in [5.41, 5.74) is 0.463. The standard InChI is InChI=1S/C33H52O11S/c1-16-8-11-33(40-15-16)17(2)26-24(43-33)14-23-21-7-6-19-12-20(42-30-29(36)28(35)27(34)18(3)41-30)13-25(44-45(37,38)39)32(19,5)22(21)9-10-31(23,26)4/h6,16-18,20-30,34-36H,7-15H2,1-5H3,(H,37,38,39). The fraction of sp³-hybridized carbons (Fsp3) is 0.939. The molecule has 3 aliphatic heterocycles. The fourth-order valence-corrected chi connectivity index (χ4v) is 12.0. The molecule has 6 fully saturated rings. The molecule has 0 aromatic carbocycles. The summed E-state index contributed by atoms with van der Waals surface area (Å²) in [6.07, 6.45) is 1.19. The monoisotopic (exact) mass is 656 g/mol. The molecule has 0 bridgehead atoms. The Kier molecular flexibility index (Phi) is 8.16. The Balaban J connectivity index is 1.14. The average molecular weight is 657 g/mol. The molecule has 0 aromatic rings. The van der Waals surface area contributed by atoms with Gasteiger partial charge in [0.05, 0.1) is 31.0 Å². The molecule has 256 valence electrons. The van der Waals surface area contributed by atoms with Crippen LogP contribution in [0.4, 0.5) is 0 Å². The van der Waals surface area contributed by atoms with E-state index in [1.54, 1.807) is 6.92 Å². The van der Waals surface area contributed by atoms with Crippen LogP contribution in [0.15, 0.2) is 11.6 Å². The van der Waals surface area contributed by atoms with E-state index in [0.29, 0.717) is 36.0 Å². The van der Waals surface area contributed by atoms with Gasteiger partial charge in [-0.3, -0.25) is 4.55 Å². The van der Waals surface area contributed by atoms with E-state index in [1.165, 1.54) is 0 Å². The predicted octanol–water partition coefficient (Wildman–Crippen LogP) is 3.36. The second-order valence-corrected chi connectivity index (χ2v) is 17.1. The normalized spacial score (nSPS) is 56.2. The number of fused-ring (bicyclic) bond motifs is 7. The number of hydrogen-bond donors (Lipinski definition) is 4. The van der Waals surface area contributed by atoms with Crippen LogP contribution in [-0.2, 0) is 33.5 Å². The lowest BCUT2D eigenvalue weighted by molar-refractivity contribution is -0.307. The number of rotatable bonds is 4. The Bertz CT molecular complexity index is 1280. The van der Waals surface area contributed by atoms with Crippen molar-refractivity contribution in [3.8, 4) is 0 Å². The zero-order valence-electron chi connectivity index (χ0n) is 27.1. The molecule has 17 unspecified atom stereocenters. The van der Waals surface area contributed by atoms with Crippen molar-refractivity contribution in [3.05, 3.63) is 11.6 Å². The molecule has 3 heterocycles. The van der Waals surface area contributed by atoms with Crippen LogP contribution in [0.2, 0.25) is 0 Å². The summed E-state index contributed by atoms with van der Waals surface area (Å²) in [7, 11) is -4.78. The molecule has 0 amide bonds. The van der Waals surface area contributed by atoms with Gasteiger partial charge in [0.15, 0.2) is 12.1 Å². The molecule has 7 rings (SSSR count). The van der Waals surface area contributed by atoms with Crippen molar-refractivity contribution in [2.75, 3.05) is 6.61 Å². The molecule has 17 atom stereocenters. The molecular weight excluding hydrogens is 604 g/mol. The van der Waals surface area contributed by atoms with Gasteiger partial charge in [-0.25, -0.2) is 4.18 Å².